The Morgan fingerprint density at radius 3 is 2.58 bits per heavy atom. The molecule has 31 heavy (non-hydrogen) atoms. The average molecular weight is 450 g/mol. The largest absolute Gasteiger partial charge is 0.492 e. The van der Waals surface area contributed by atoms with Crippen LogP contribution in [0, 0.1) is 0 Å². The van der Waals surface area contributed by atoms with Gasteiger partial charge in [0.25, 0.3) is 11.5 Å². The van der Waals surface area contributed by atoms with Crippen molar-refractivity contribution in [3.63, 3.8) is 0 Å². The molecule has 0 unspecified atom stereocenters. The summed E-state index contributed by atoms with van der Waals surface area (Å²) in [6, 6.07) is 7.29. The Hall–Kier alpha value is -2.69. The highest BCUT2D eigenvalue weighted by atomic mass is 32.2. The molecule has 2 aromatic rings. The Labute approximate surface area is 181 Å². The van der Waals surface area contributed by atoms with Crippen molar-refractivity contribution in [1.29, 1.82) is 0 Å². The monoisotopic (exact) mass is 449 g/mol. The van der Waals surface area contributed by atoms with Crippen molar-refractivity contribution in [3.8, 4) is 5.75 Å². The summed E-state index contributed by atoms with van der Waals surface area (Å²) in [5, 5.41) is 2.71. The number of methoxy groups -OCH3 is 1. The Kier molecular flexibility index (Phi) is 7.47. The van der Waals surface area contributed by atoms with Crippen molar-refractivity contribution < 1.29 is 22.7 Å². The smallest absolute Gasteiger partial charge is 0.257 e. The number of nitrogens with zero attached hydrogens (tertiary/aromatic N) is 2. The van der Waals surface area contributed by atoms with Crippen LogP contribution in [0.1, 0.15) is 30.1 Å². The second-order valence-corrected chi connectivity index (χ2v) is 9.01. The van der Waals surface area contributed by atoms with Crippen LogP contribution in [0.2, 0.25) is 0 Å². The molecule has 0 aliphatic carbocycles. The highest BCUT2D eigenvalue weighted by molar-refractivity contribution is 7.89. The lowest BCUT2D eigenvalue weighted by Gasteiger charge is -2.19. The molecule has 9 nitrogen and oxygen atoms in total. The summed E-state index contributed by atoms with van der Waals surface area (Å²) >= 11 is 0. The molecule has 1 aromatic heterocycles. The van der Waals surface area contributed by atoms with Crippen molar-refractivity contribution in [1.82, 2.24) is 8.87 Å². The van der Waals surface area contributed by atoms with Gasteiger partial charge in [0.05, 0.1) is 18.8 Å². The van der Waals surface area contributed by atoms with Gasteiger partial charge in [-0.05, 0) is 44.0 Å². The number of hydrogen-bond donors (Lipinski definition) is 1. The molecular formula is C21H27N3O6S. The molecule has 2 heterocycles. The number of hydrogen-bond acceptors (Lipinski definition) is 6. The van der Waals surface area contributed by atoms with Gasteiger partial charge < -0.3 is 19.4 Å². The molecule has 1 amide bonds. The zero-order chi connectivity index (χ0) is 22.4. The van der Waals surface area contributed by atoms with Gasteiger partial charge in [-0.3, -0.25) is 9.59 Å². The quantitative estimate of drug-likeness (QED) is 0.627. The van der Waals surface area contributed by atoms with Crippen LogP contribution >= 0.6 is 0 Å². The average Bonchev–Trinajstić information content (AvgIpc) is 3.30. The highest BCUT2D eigenvalue weighted by Crippen LogP contribution is 2.31. The number of ether oxygens (including phenoxy) is 2. The molecular weight excluding hydrogens is 422 g/mol. The van der Waals surface area contributed by atoms with E-state index in [2.05, 4.69) is 5.32 Å². The first-order valence-corrected chi connectivity index (χ1v) is 11.6. The van der Waals surface area contributed by atoms with Gasteiger partial charge in [0.1, 0.15) is 10.6 Å². The molecule has 1 N–H and O–H groups in total. The number of carbonyl (C=O) groups is 1. The van der Waals surface area contributed by atoms with Crippen molar-refractivity contribution in [3.05, 3.63) is 52.4 Å². The fourth-order valence-corrected chi connectivity index (χ4v) is 5.04. The topological polar surface area (TPSA) is 107 Å². The maximum atomic E-state index is 13.1. The normalized spacial score (nSPS) is 14.5. The number of rotatable bonds is 9. The lowest BCUT2D eigenvalue weighted by Crippen LogP contribution is -2.28. The zero-order valence-electron chi connectivity index (χ0n) is 17.7. The van der Waals surface area contributed by atoms with Gasteiger partial charge >= 0.3 is 0 Å². The molecule has 0 spiro atoms. The number of benzene rings is 1. The molecule has 168 valence electrons. The number of amides is 1. The first-order valence-electron chi connectivity index (χ1n) is 10.1. The second-order valence-electron chi connectivity index (χ2n) is 7.10. The molecule has 3 rings (SSSR count). The maximum absolute atomic E-state index is 13.1. The summed E-state index contributed by atoms with van der Waals surface area (Å²) < 4.78 is 39.5. The molecule has 1 saturated heterocycles. The predicted octanol–water partition coefficient (Wildman–Crippen LogP) is 1.93. The van der Waals surface area contributed by atoms with Gasteiger partial charge in [-0.15, -0.1) is 0 Å². The van der Waals surface area contributed by atoms with Gasteiger partial charge in [-0.25, -0.2) is 8.42 Å². The summed E-state index contributed by atoms with van der Waals surface area (Å²) in [5.74, 6) is -0.208. The molecule has 0 radical (unpaired) electrons. The van der Waals surface area contributed by atoms with E-state index in [1.807, 2.05) is 0 Å². The molecule has 1 aliphatic heterocycles. The second kappa shape index (κ2) is 10.1. The number of pyridine rings is 1. The van der Waals surface area contributed by atoms with Gasteiger partial charge in [0, 0.05) is 44.7 Å². The number of carbonyl (C=O) groups excluding carboxylic acids is 1. The van der Waals surface area contributed by atoms with Gasteiger partial charge in [-0.1, -0.05) is 0 Å². The SMILES string of the molecule is CCOc1ccc(NC(=O)c2ccc(=O)n(CCOC)c2)cc1S(=O)(=O)N1CCCC1. The van der Waals surface area contributed by atoms with Crippen molar-refractivity contribution in [2.75, 3.05) is 38.7 Å². The van der Waals surface area contributed by atoms with Crippen LogP contribution in [-0.4, -0.2) is 56.6 Å². The molecule has 1 fully saturated rings. The minimum atomic E-state index is -3.74. The van der Waals surface area contributed by atoms with Gasteiger partial charge in [-0.2, -0.15) is 4.31 Å². The van der Waals surface area contributed by atoms with E-state index in [1.54, 1.807) is 19.1 Å². The van der Waals surface area contributed by atoms with Crippen LogP contribution in [0.4, 0.5) is 5.69 Å². The van der Waals surface area contributed by atoms with E-state index >= 15 is 0 Å². The summed E-state index contributed by atoms with van der Waals surface area (Å²) in [6.07, 6.45) is 3.09. The van der Waals surface area contributed by atoms with E-state index in [1.165, 1.54) is 40.4 Å². The third-order valence-corrected chi connectivity index (χ3v) is 6.89. The Morgan fingerprint density at radius 1 is 1.16 bits per heavy atom. The van der Waals surface area contributed by atoms with Crippen LogP contribution in [0.3, 0.4) is 0 Å². The van der Waals surface area contributed by atoms with Crippen LogP contribution in [0.15, 0.2) is 46.2 Å². The van der Waals surface area contributed by atoms with E-state index < -0.39 is 15.9 Å². The summed E-state index contributed by atoms with van der Waals surface area (Å²) in [4.78, 5) is 24.7. The lowest BCUT2D eigenvalue weighted by atomic mass is 10.2. The Bertz CT molecular complexity index is 1090. The molecule has 0 bridgehead atoms. The Morgan fingerprint density at radius 2 is 1.90 bits per heavy atom. The number of aromatic nitrogens is 1. The van der Waals surface area contributed by atoms with Crippen molar-refractivity contribution in [2.45, 2.75) is 31.2 Å². The number of sulfonamides is 1. The van der Waals surface area contributed by atoms with Crippen LogP contribution in [-0.2, 0) is 21.3 Å². The third-order valence-electron chi connectivity index (χ3n) is 4.97. The first-order chi connectivity index (χ1) is 14.9. The van der Waals surface area contributed by atoms with Gasteiger partial charge in [0.15, 0.2) is 0 Å². The minimum Gasteiger partial charge on any atom is -0.492 e. The standard InChI is InChI=1S/C21H27N3O6S/c1-3-30-18-8-7-17(14-19(18)31(27,28)24-10-4-5-11-24)22-21(26)16-6-9-20(25)23(15-16)12-13-29-2/h6-9,14-15H,3-5,10-13H2,1-2H3,(H,22,26). The molecule has 0 saturated carbocycles. The first kappa shape index (κ1) is 23.0. The number of anilines is 1. The lowest BCUT2D eigenvalue weighted by molar-refractivity contribution is 0.102. The van der Waals surface area contributed by atoms with Gasteiger partial charge in [0.2, 0.25) is 10.0 Å². The van der Waals surface area contributed by atoms with E-state index in [9.17, 15) is 18.0 Å². The molecule has 10 heteroatoms. The van der Waals surface area contributed by atoms with Crippen LogP contribution in [0.5, 0.6) is 5.75 Å². The molecule has 1 aromatic carbocycles. The van der Waals surface area contributed by atoms with E-state index in [0.717, 1.165) is 12.8 Å². The predicted molar refractivity (Wildman–Crippen MR) is 116 cm³/mol. The van der Waals surface area contributed by atoms with E-state index in [0.29, 0.717) is 38.5 Å². The Balaban J connectivity index is 1.88. The van der Waals surface area contributed by atoms with Crippen molar-refractivity contribution in [2.24, 2.45) is 0 Å². The summed E-state index contributed by atoms with van der Waals surface area (Å²) in [7, 11) is -2.21. The minimum absolute atomic E-state index is 0.0270. The molecule has 0 atom stereocenters. The van der Waals surface area contributed by atoms with Crippen molar-refractivity contribution >= 4 is 21.6 Å². The molecule has 1 aliphatic rings. The zero-order valence-corrected chi connectivity index (χ0v) is 18.5. The third kappa shape index (κ3) is 5.33. The van der Waals surface area contributed by atoms with Crippen LogP contribution < -0.4 is 15.6 Å². The summed E-state index contributed by atoms with van der Waals surface area (Å²) in [5.41, 5.74) is 0.350. The van der Waals surface area contributed by atoms with Crippen LogP contribution in [0.25, 0.3) is 0 Å². The van der Waals surface area contributed by atoms with E-state index in [-0.39, 0.29) is 21.8 Å². The fourth-order valence-electron chi connectivity index (χ4n) is 3.36. The fraction of sp³-hybridized carbons (Fsp3) is 0.429. The maximum Gasteiger partial charge on any atom is 0.257 e. The van der Waals surface area contributed by atoms with E-state index in [4.69, 9.17) is 9.47 Å². The summed E-state index contributed by atoms with van der Waals surface area (Å²) in [6.45, 7) is 3.68. The number of nitrogens with one attached hydrogen (secondary N) is 1. The highest BCUT2D eigenvalue weighted by Gasteiger charge is 2.30.